The third-order valence-corrected chi connectivity index (χ3v) is 5.16. The molecule has 0 atom stereocenters. The van der Waals surface area contributed by atoms with E-state index in [1.807, 2.05) is 42.5 Å². The van der Waals surface area contributed by atoms with Crippen LogP contribution in [0.1, 0.15) is 5.56 Å². The fourth-order valence-corrected chi connectivity index (χ4v) is 3.98. The molecule has 0 radical (unpaired) electrons. The van der Waals surface area contributed by atoms with Crippen molar-refractivity contribution in [3.63, 3.8) is 0 Å². The quantitative estimate of drug-likeness (QED) is 0.519. The third-order valence-electron chi connectivity index (χ3n) is 3.70. The predicted molar refractivity (Wildman–Crippen MR) is 101 cm³/mol. The van der Waals surface area contributed by atoms with E-state index in [0.717, 1.165) is 21.1 Å². The van der Waals surface area contributed by atoms with Gasteiger partial charge in [0.15, 0.2) is 11.6 Å². The van der Waals surface area contributed by atoms with Crippen LogP contribution < -0.4 is 14.8 Å². The molecule has 25 heavy (non-hydrogen) atoms. The lowest BCUT2D eigenvalue weighted by Gasteiger charge is -2.05. The number of hydrogen-bond donors (Lipinski definition) is 0. The van der Waals surface area contributed by atoms with Crippen molar-refractivity contribution in [1.29, 1.82) is 5.26 Å². The SMILES string of the molecule is N#CCOc1ccc(Br)cc1/C=c1\sc2nc3ccccc3n2c1=O. The van der Waals surface area contributed by atoms with E-state index in [-0.39, 0.29) is 12.2 Å². The molecule has 0 spiro atoms. The van der Waals surface area contributed by atoms with Gasteiger partial charge in [-0.05, 0) is 36.4 Å². The minimum absolute atomic E-state index is 0.0505. The van der Waals surface area contributed by atoms with Crippen LogP contribution in [0.4, 0.5) is 0 Å². The Hall–Kier alpha value is -2.69. The van der Waals surface area contributed by atoms with Crippen LogP contribution in [0.5, 0.6) is 5.75 Å². The smallest absolute Gasteiger partial charge is 0.274 e. The number of fused-ring (bicyclic) bond motifs is 3. The molecular weight excluding hydrogens is 402 g/mol. The standard InChI is InChI=1S/C18H10BrN3O2S/c19-12-5-6-15(24-8-7-20)11(9-12)10-16-17(23)22-14-4-2-1-3-13(14)21-18(22)25-16/h1-6,9-10H,8H2/b16-10-. The number of ether oxygens (including phenoxy) is 1. The summed E-state index contributed by atoms with van der Waals surface area (Å²) in [6.45, 7) is -0.0505. The first-order chi connectivity index (χ1) is 12.2. The molecule has 0 amide bonds. The first-order valence-corrected chi connectivity index (χ1v) is 8.99. The van der Waals surface area contributed by atoms with E-state index < -0.39 is 0 Å². The van der Waals surface area contributed by atoms with Gasteiger partial charge in [0.25, 0.3) is 5.56 Å². The summed E-state index contributed by atoms with van der Waals surface area (Å²) < 4.78 is 8.50. The van der Waals surface area contributed by atoms with Crippen LogP contribution in [0.25, 0.3) is 22.1 Å². The zero-order valence-electron chi connectivity index (χ0n) is 12.8. The molecule has 2 heterocycles. The molecule has 0 aliphatic rings. The van der Waals surface area contributed by atoms with Gasteiger partial charge in [-0.1, -0.05) is 39.4 Å². The van der Waals surface area contributed by atoms with E-state index in [9.17, 15) is 4.79 Å². The topological polar surface area (TPSA) is 67.4 Å². The molecule has 0 saturated carbocycles. The van der Waals surface area contributed by atoms with Gasteiger partial charge in [-0.15, -0.1) is 0 Å². The van der Waals surface area contributed by atoms with Crippen LogP contribution in [0, 0.1) is 11.3 Å². The first-order valence-electron chi connectivity index (χ1n) is 7.38. The zero-order chi connectivity index (χ0) is 17.4. The molecule has 4 rings (SSSR count). The fourth-order valence-electron chi connectivity index (χ4n) is 2.63. The minimum atomic E-state index is -0.111. The number of para-hydroxylation sites is 2. The molecule has 0 fully saturated rings. The van der Waals surface area contributed by atoms with Crippen LogP contribution >= 0.6 is 27.3 Å². The number of hydrogen-bond acceptors (Lipinski definition) is 5. The summed E-state index contributed by atoms with van der Waals surface area (Å²) in [5, 5.41) is 8.72. The third kappa shape index (κ3) is 2.80. The molecule has 5 nitrogen and oxygen atoms in total. The van der Waals surface area contributed by atoms with E-state index in [1.54, 1.807) is 16.5 Å². The van der Waals surface area contributed by atoms with Crippen molar-refractivity contribution in [3.05, 3.63) is 67.4 Å². The summed E-state index contributed by atoms with van der Waals surface area (Å²) in [5.74, 6) is 0.556. The second kappa shape index (κ2) is 6.31. The first kappa shape index (κ1) is 15.8. The van der Waals surface area contributed by atoms with Gasteiger partial charge in [-0.2, -0.15) is 5.26 Å². The highest BCUT2D eigenvalue weighted by molar-refractivity contribution is 9.10. The highest BCUT2D eigenvalue weighted by Crippen LogP contribution is 2.24. The van der Waals surface area contributed by atoms with Gasteiger partial charge in [0.2, 0.25) is 0 Å². The van der Waals surface area contributed by atoms with Crippen LogP contribution in [-0.4, -0.2) is 16.0 Å². The van der Waals surface area contributed by atoms with E-state index >= 15 is 0 Å². The molecule has 7 heteroatoms. The van der Waals surface area contributed by atoms with Gasteiger partial charge in [0.1, 0.15) is 11.8 Å². The maximum atomic E-state index is 12.8. The Morgan fingerprint density at radius 1 is 1.32 bits per heavy atom. The molecule has 0 aliphatic heterocycles. The van der Waals surface area contributed by atoms with Crippen molar-refractivity contribution >= 4 is 49.3 Å². The Morgan fingerprint density at radius 3 is 3.00 bits per heavy atom. The molecule has 2 aromatic heterocycles. The summed E-state index contributed by atoms with van der Waals surface area (Å²) in [4.78, 5) is 18.0. The highest BCUT2D eigenvalue weighted by Gasteiger charge is 2.11. The van der Waals surface area contributed by atoms with Crippen molar-refractivity contribution in [2.24, 2.45) is 0 Å². The number of benzene rings is 2. The molecule has 0 unspecified atom stereocenters. The number of thiazole rings is 1. The van der Waals surface area contributed by atoms with Crippen LogP contribution in [0.2, 0.25) is 0 Å². The van der Waals surface area contributed by atoms with E-state index in [1.165, 1.54) is 11.3 Å². The molecule has 0 saturated heterocycles. The van der Waals surface area contributed by atoms with Gasteiger partial charge < -0.3 is 4.74 Å². The molecule has 4 aromatic rings. The van der Waals surface area contributed by atoms with Gasteiger partial charge in [0.05, 0.1) is 15.6 Å². The minimum Gasteiger partial charge on any atom is -0.478 e. The van der Waals surface area contributed by atoms with Gasteiger partial charge in [-0.25, -0.2) is 9.38 Å². The van der Waals surface area contributed by atoms with Crippen molar-refractivity contribution in [3.8, 4) is 11.8 Å². The zero-order valence-corrected chi connectivity index (χ0v) is 15.2. The Kier molecular flexibility index (Phi) is 3.99. The van der Waals surface area contributed by atoms with Crippen LogP contribution in [0.3, 0.4) is 0 Å². The van der Waals surface area contributed by atoms with E-state index in [2.05, 4.69) is 20.9 Å². The molecule has 122 valence electrons. The number of halogens is 1. The Bertz CT molecular complexity index is 1250. The number of aromatic nitrogens is 2. The number of nitrogens with zero attached hydrogens (tertiary/aromatic N) is 3. The maximum Gasteiger partial charge on any atom is 0.274 e. The molecule has 0 bridgehead atoms. The Labute approximate surface area is 154 Å². The Morgan fingerprint density at radius 2 is 2.16 bits per heavy atom. The number of nitriles is 1. The van der Waals surface area contributed by atoms with Gasteiger partial charge in [-0.3, -0.25) is 4.79 Å². The largest absolute Gasteiger partial charge is 0.478 e. The van der Waals surface area contributed by atoms with E-state index in [4.69, 9.17) is 10.00 Å². The van der Waals surface area contributed by atoms with Gasteiger partial charge >= 0.3 is 0 Å². The molecule has 0 aliphatic carbocycles. The lowest BCUT2D eigenvalue weighted by Crippen LogP contribution is -2.22. The van der Waals surface area contributed by atoms with E-state index in [0.29, 0.717) is 15.2 Å². The second-order valence-electron chi connectivity index (χ2n) is 5.26. The predicted octanol–water partition coefficient (Wildman–Crippen LogP) is 3.12. The monoisotopic (exact) mass is 411 g/mol. The molecule has 0 N–H and O–H groups in total. The normalized spacial score (nSPS) is 11.9. The van der Waals surface area contributed by atoms with Crippen LogP contribution in [0.15, 0.2) is 51.7 Å². The summed E-state index contributed by atoms with van der Waals surface area (Å²) in [6, 6.07) is 15.0. The summed E-state index contributed by atoms with van der Waals surface area (Å²) >= 11 is 4.75. The average Bonchev–Trinajstić information content (AvgIpc) is 3.11. The van der Waals surface area contributed by atoms with Crippen molar-refractivity contribution in [1.82, 2.24) is 9.38 Å². The summed E-state index contributed by atoms with van der Waals surface area (Å²) in [7, 11) is 0. The second-order valence-corrected chi connectivity index (χ2v) is 7.19. The summed E-state index contributed by atoms with van der Waals surface area (Å²) in [5.41, 5.74) is 2.22. The lowest BCUT2D eigenvalue weighted by atomic mass is 10.2. The molecule has 2 aromatic carbocycles. The lowest BCUT2D eigenvalue weighted by molar-refractivity contribution is 0.367. The van der Waals surface area contributed by atoms with Crippen molar-refractivity contribution < 1.29 is 4.74 Å². The molecular formula is C18H10BrN3O2S. The number of imidazole rings is 1. The number of rotatable bonds is 3. The maximum absolute atomic E-state index is 12.8. The van der Waals surface area contributed by atoms with Gasteiger partial charge in [0, 0.05) is 10.0 Å². The van der Waals surface area contributed by atoms with Crippen LogP contribution in [-0.2, 0) is 0 Å². The average molecular weight is 412 g/mol. The Balaban J connectivity index is 1.93. The highest BCUT2D eigenvalue weighted by atomic mass is 79.9. The summed E-state index contributed by atoms with van der Waals surface area (Å²) in [6.07, 6.45) is 1.77. The van der Waals surface area contributed by atoms with Crippen molar-refractivity contribution in [2.75, 3.05) is 6.61 Å². The fraction of sp³-hybridized carbons (Fsp3) is 0.0556. The van der Waals surface area contributed by atoms with Crippen molar-refractivity contribution in [2.45, 2.75) is 0 Å².